The lowest BCUT2D eigenvalue weighted by atomic mass is 10.1. The SMILES string of the molecule is COc1ccc2[nH+]c(NCCCNC(=O)c3ccc(OC)c(OC)c3)c(C#N)cc2c1. The predicted octanol–water partition coefficient (Wildman–Crippen LogP) is 2.78. The van der Waals surface area contributed by atoms with Crippen LogP contribution in [0.2, 0.25) is 0 Å². The fourth-order valence-electron chi connectivity index (χ4n) is 3.14. The van der Waals surface area contributed by atoms with Gasteiger partial charge in [0, 0.05) is 23.9 Å². The van der Waals surface area contributed by atoms with Gasteiger partial charge in [0.2, 0.25) is 0 Å². The van der Waals surface area contributed by atoms with Gasteiger partial charge in [-0.3, -0.25) is 10.1 Å². The predicted molar refractivity (Wildman–Crippen MR) is 117 cm³/mol. The molecule has 0 spiro atoms. The van der Waals surface area contributed by atoms with Gasteiger partial charge in [0.05, 0.1) is 27.9 Å². The van der Waals surface area contributed by atoms with Crippen molar-refractivity contribution in [2.24, 2.45) is 0 Å². The van der Waals surface area contributed by atoms with Gasteiger partial charge >= 0.3 is 0 Å². The normalized spacial score (nSPS) is 10.3. The standard InChI is InChI=1S/C23H24N4O4/c1-29-18-6-7-19-16(12-18)11-17(14-24)22(27-19)25-9-4-10-26-23(28)15-5-8-20(30-2)21(13-15)31-3/h5-8,11-13H,4,9-10H2,1-3H3,(H,25,27)(H,26,28)/p+1. The number of carbonyl (C=O) groups excluding carboxylic acids is 1. The molecule has 31 heavy (non-hydrogen) atoms. The highest BCUT2D eigenvalue weighted by Crippen LogP contribution is 2.27. The molecule has 3 aromatic rings. The smallest absolute Gasteiger partial charge is 0.290 e. The summed E-state index contributed by atoms with van der Waals surface area (Å²) >= 11 is 0. The zero-order chi connectivity index (χ0) is 22.2. The van der Waals surface area contributed by atoms with Crippen LogP contribution >= 0.6 is 0 Å². The minimum absolute atomic E-state index is 0.190. The van der Waals surface area contributed by atoms with Crippen LogP contribution in [-0.2, 0) is 0 Å². The molecular weight excluding hydrogens is 396 g/mol. The molecule has 0 bridgehead atoms. The Morgan fingerprint density at radius 2 is 1.81 bits per heavy atom. The number of nitriles is 1. The molecule has 0 aliphatic heterocycles. The minimum atomic E-state index is -0.190. The maximum Gasteiger partial charge on any atom is 0.290 e. The number of rotatable bonds is 9. The molecule has 2 aromatic carbocycles. The second-order valence-electron chi connectivity index (χ2n) is 6.73. The molecule has 0 saturated heterocycles. The van der Waals surface area contributed by atoms with Gasteiger partial charge in [-0.1, -0.05) is 0 Å². The van der Waals surface area contributed by atoms with E-state index in [0.717, 1.165) is 16.7 Å². The van der Waals surface area contributed by atoms with Gasteiger partial charge in [0.25, 0.3) is 11.7 Å². The average Bonchev–Trinajstić information content (AvgIpc) is 2.82. The third-order valence-corrected chi connectivity index (χ3v) is 4.79. The van der Waals surface area contributed by atoms with Gasteiger partial charge in [-0.15, -0.1) is 0 Å². The Hall–Kier alpha value is -3.99. The maximum absolute atomic E-state index is 12.4. The van der Waals surface area contributed by atoms with Crippen LogP contribution in [0.1, 0.15) is 22.3 Å². The molecule has 8 nitrogen and oxygen atoms in total. The zero-order valence-corrected chi connectivity index (χ0v) is 17.7. The summed E-state index contributed by atoms with van der Waals surface area (Å²) in [5.74, 6) is 2.26. The molecule has 0 radical (unpaired) electrons. The highest BCUT2D eigenvalue weighted by atomic mass is 16.5. The molecule has 0 aliphatic carbocycles. The van der Waals surface area contributed by atoms with E-state index in [4.69, 9.17) is 14.2 Å². The second-order valence-corrected chi connectivity index (χ2v) is 6.73. The summed E-state index contributed by atoms with van der Waals surface area (Å²) in [7, 11) is 4.68. The fraction of sp³-hybridized carbons (Fsp3) is 0.261. The summed E-state index contributed by atoms with van der Waals surface area (Å²) in [5.41, 5.74) is 1.90. The number of anilines is 1. The number of aromatic amines is 1. The molecular formula is C23H25N4O4+. The number of fused-ring (bicyclic) bond motifs is 1. The Morgan fingerprint density at radius 1 is 1.00 bits per heavy atom. The van der Waals surface area contributed by atoms with E-state index >= 15 is 0 Å². The fourth-order valence-corrected chi connectivity index (χ4v) is 3.14. The van der Waals surface area contributed by atoms with Gasteiger partial charge in [-0.05, 0) is 42.5 Å². The number of benzene rings is 2. The summed E-state index contributed by atoms with van der Waals surface area (Å²) in [6.45, 7) is 1.06. The molecule has 1 heterocycles. The first-order valence-electron chi connectivity index (χ1n) is 9.78. The number of hydrogen-bond acceptors (Lipinski definition) is 6. The molecule has 0 saturated carbocycles. The molecule has 0 atom stereocenters. The quantitative estimate of drug-likeness (QED) is 0.515. The van der Waals surface area contributed by atoms with Crippen LogP contribution in [0.5, 0.6) is 17.2 Å². The van der Waals surface area contributed by atoms with Gasteiger partial charge < -0.3 is 19.5 Å². The molecule has 3 rings (SSSR count). The van der Waals surface area contributed by atoms with Crippen LogP contribution in [0.25, 0.3) is 10.9 Å². The lowest BCUT2D eigenvalue weighted by Crippen LogP contribution is -2.26. The summed E-state index contributed by atoms with van der Waals surface area (Å²) in [4.78, 5) is 15.6. The van der Waals surface area contributed by atoms with Crippen LogP contribution in [0.15, 0.2) is 42.5 Å². The Morgan fingerprint density at radius 3 is 2.52 bits per heavy atom. The number of aromatic nitrogens is 1. The van der Waals surface area contributed by atoms with Gasteiger partial charge in [-0.2, -0.15) is 5.26 Å². The van der Waals surface area contributed by atoms with E-state index in [1.165, 1.54) is 7.11 Å². The van der Waals surface area contributed by atoms with E-state index in [0.29, 0.717) is 48.0 Å². The van der Waals surface area contributed by atoms with Crippen molar-refractivity contribution in [1.82, 2.24) is 5.32 Å². The van der Waals surface area contributed by atoms with E-state index < -0.39 is 0 Å². The first-order chi connectivity index (χ1) is 15.1. The summed E-state index contributed by atoms with van der Waals surface area (Å²) in [5, 5.41) is 16.5. The molecule has 1 aromatic heterocycles. The van der Waals surface area contributed by atoms with Crippen LogP contribution in [0.4, 0.5) is 5.82 Å². The Labute approximate surface area is 180 Å². The second kappa shape index (κ2) is 10.2. The average molecular weight is 421 g/mol. The van der Waals surface area contributed by atoms with Crippen LogP contribution in [-0.4, -0.2) is 40.3 Å². The monoisotopic (exact) mass is 421 g/mol. The lowest BCUT2D eigenvalue weighted by molar-refractivity contribution is -0.327. The first kappa shape index (κ1) is 21.7. The molecule has 0 aliphatic rings. The topological polar surface area (TPSA) is 107 Å². The Balaban J connectivity index is 1.55. The van der Waals surface area contributed by atoms with E-state index in [-0.39, 0.29) is 5.91 Å². The van der Waals surface area contributed by atoms with Crippen molar-refractivity contribution >= 4 is 22.6 Å². The number of methoxy groups -OCH3 is 3. The number of nitrogens with one attached hydrogen (secondary N) is 3. The summed E-state index contributed by atoms with van der Waals surface area (Å²) < 4.78 is 15.7. The largest absolute Gasteiger partial charge is 0.497 e. The molecule has 8 heteroatoms. The molecule has 0 unspecified atom stereocenters. The van der Waals surface area contributed by atoms with Crippen LogP contribution in [0, 0.1) is 11.3 Å². The third kappa shape index (κ3) is 5.14. The number of amides is 1. The van der Waals surface area contributed by atoms with E-state index in [2.05, 4.69) is 21.7 Å². The lowest BCUT2D eigenvalue weighted by Gasteiger charge is -2.10. The molecule has 160 valence electrons. The van der Waals surface area contributed by atoms with Crippen molar-refractivity contribution in [3.63, 3.8) is 0 Å². The van der Waals surface area contributed by atoms with Crippen molar-refractivity contribution in [2.45, 2.75) is 6.42 Å². The Kier molecular flexibility index (Phi) is 7.12. The van der Waals surface area contributed by atoms with Crippen molar-refractivity contribution < 1.29 is 24.0 Å². The number of H-pyrrole nitrogens is 1. The number of ether oxygens (including phenoxy) is 3. The van der Waals surface area contributed by atoms with Crippen molar-refractivity contribution in [1.29, 1.82) is 5.26 Å². The highest BCUT2D eigenvalue weighted by Gasteiger charge is 2.13. The zero-order valence-electron chi connectivity index (χ0n) is 17.7. The molecule has 1 amide bonds. The number of pyridine rings is 1. The highest BCUT2D eigenvalue weighted by molar-refractivity contribution is 5.94. The molecule has 3 N–H and O–H groups in total. The first-order valence-corrected chi connectivity index (χ1v) is 9.78. The third-order valence-electron chi connectivity index (χ3n) is 4.79. The van der Waals surface area contributed by atoms with Crippen molar-refractivity contribution in [3.8, 4) is 23.3 Å². The van der Waals surface area contributed by atoms with E-state index in [9.17, 15) is 10.1 Å². The number of carbonyl (C=O) groups is 1. The summed E-state index contributed by atoms with van der Waals surface area (Å²) in [6, 6.07) is 14.7. The molecule has 0 fully saturated rings. The van der Waals surface area contributed by atoms with Crippen LogP contribution in [0.3, 0.4) is 0 Å². The number of hydrogen-bond donors (Lipinski definition) is 2. The maximum atomic E-state index is 12.4. The van der Waals surface area contributed by atoms with E-state index in [1.807, 2.05) is 24.3 Å². The van der Waals surface area contributed by atoms with Gasteiger partial charge in [0.1, 0.15) is 22.9 Å². The van der Waals surface area contributed by atoms with Gasteiger partial charge in [-0.25, -0.2) is 4.98 Å². The number of nitrogens with zero attached hydrogens (tertiary/aromatic N) is 1. The van der Waals surface area contributed by atoms with Crippen molar-refractivity contribution in [3.05, 3.63) is 53.6 Å². The van der Waals surface area contributed by atoms with Crippen LogP contribution < -0.4 is 29.8 Å². The minimum Gasteiger partial charge on any atom is -0.497 e. The van der Waals surface area contributed by atoms with Gasteiger partial charge in [0.15, 0.2) is 11.5 Å². The Bertz CT molecular complexity index is 1120. The van der Waals surface area contributed by atoms with E-state index in [1.54, 1.807) is 32.4 Å². The van der Waals surface area contributed by atoms with Crippen molar-refractivity contribution in [2.75, 3.05) is 39.7 Å². The summed E-state index contributed by atoms with van der Waals surface area (Å²) in [6.07, 6.45) is 0.679.